The molecule has 0 saturated carbocycles. The third kappa shape index (κ3) is 6.53. The first-order valence-electron chi connectivity index (χ1n) is 10.5. The number of thioether (sulfide) groups is 1. The smallest absolute Gasteiger partial charge is 0.343 e. The fraction of sp³-hybridized carbons (Fsp3) is 0.292. The van der Waals surface area contributed by atoms with E-state index in [0.29, 0.717) is 41.1 Å². The van der Waals surface area contributed by atoms with Crippen molar-refractivity contribution in [3.05, 3.63) is 58.0 Å². The molecule has 1 fully saturated rings. The van der Waals surface area contributed by atoms with E-state index in [-0.39, 0.29) is 23.3 Å². The fourth-order valence-electron chi connectivity index (χ4n) is 3.00. The van der Waals surface area contributed by atoms with E-state index < -0.39 is 5.97 Å². The Morgan fingerprint density at radius 3 is 2.62 bits per heavy atom. The number of halogens is 1. The minimum absolute atomic E-state index is 0.183. The van der Waals surface area contributed by atoms with Crippen LogP contribution in [0.4, 0.5) is 5.69 Å². The quantitative estimate of drug-likeness (QED) is 0.347. The summed E-state index contributed by atoms with van der Waals surface area (Å²) in [4.78, 5) is 31.3. The summed E-state index contributed by atoms with van der Waals surface area (Å²) in [6.07, 6.45) is 1.72. The van der Waals surface area contributed by atoms with Crippen molar-refractivity contribution in [3.63, 3.8) is 0 Å². The molecule has 2 aromatic carbocycles. The number of hydrogen-bond acceptors (Lipinski definition) is 8. The van der Waals surface area contributed by atoms with Gasteiger partial charge in [0.1, 0.15) is 0 Å². The van der Waals surface area contributed by atoms with Crippen LogP contribution in [0, 0.1) is 0 Å². The van der Waals surface area contributed by atoms with Crippen molar-refractivity contribution < 1.29 is 28.5 Å². The van der Waals surface area contributed by atoms with Crippen molar-refractivity contribution in [2.45, 2.75) is 6.92 Å². The summed E-state index contributed by atoms with van der Waals surface area (Å²) in [5, 5.41) is 0.806. The Balaban J connectivity index is 1.93. The molecule has 34 heavy (non-hydrogen) atoms. The highest BCUT2D eigenvalue weighted by Crippen LogP contribution is 2.39. The third-order valence-corrected chi connectivity index (χ3v) is 5.87. The molecule has 0 bridgehead atoms. The number of benzene rings is 2. The van der Waals surface area contributed by atoms with Gasteiger partial charge in [-0.2, -0.15) is 0 Å². The van der Waals surface area contributed by atoms with Crippen molar-refractivity contribution >= 4 is 52.2 Å². The van der Waals surface area contributed by atoms with Crippen LogP contribution in [0.15, 0.2) is 52.4 Å². The fourth-order valence-corrected chi connectivity index (χ4v) is 4.30. The summed E-state index contributed by atoms with van der Waals surface area (Å²) in [5.74, 6) is -0.138. The molecule has 0 unspecified atom stereocenters. The summed E-state index contributed by atoms with van der Waals surface area (Å²) in [6.45, 7) is 2.62. The number of amides is 1. The molecular formula is C24H25ClN2O6S. The zero-order valence-corrected chi connectivity index (χ0v) is 20.6. The molecule has 1 aliphatic rings. The van der Waals surface area contributed by atoms with Gasteiger partial charge in [-0.1, -0.05) is 29.8 Å². The zero-order valence-electron chi connectivity index (χ0n) is 19.1. The topological polar surface area (TPSA) is 86.7 Å². The first kappa shape index (κ1) is 25.6. The number of amidine groups is 1. The van der Waals surface area contributed by atoms with Crippen molar-refractivity contribution in [2.75, 3.05) is 40.6 Å². The Kier molecular flexibility index (Phi) is 9.38. The highest BCUT2D eigenvalue weighted by Gasteiger charge is 2.33. The molecular weight excluding hydrogens is 480 g/mol. The minimum Gasteiger partial charge on any atom is -0.490 e. The van der Waals surface area contributed by atoms with Crippen LogP contribution in [0.25, 0.3) is 6.08 Å². The first-order valence-corrected chi connectivity index (χ1v) is 11.7. The number of para-hydroxylation sites is 1. The van der Waals surface area contributed by atoms with Crippen molar-refractivity contribution in [1.29, 1.82) is 0 Å². The predicted octanol–water partition coefficient (Wildman–Crippen LogP) is 4.54. The highest BCUT2D eigenvalue weighted by molar-refractivity contribution is 8.18. The number of aliphatic imine (C=N–C) groups is 1. The summed E-state index contributed by atoms with van der Waals surface area (Å²) >= 11 is 7.69. The van der Waals surface area contributed by atoms with Crippen LogP contribution < -0.4 is 9.47 Å². The van der Waals surface area contributed by atoms with E-state index in [9.17, 15) is 9.59 Å². The standard InChI is InChI=1S/C24H25ClN2O6S/c1-4-32-19-13-16(12-18(25)22(19)33-15-21(28)31-3)14-20-23(29)27(10-11-30-2)24(34-20)26-17-8-6-5-7-9-17/h5-9,12-14H,4,10-11,15H2,1-3H3. The second-order valence-corrected chi connectivity index (χ2v) is 8.33. The summed E-state index contributed by atoms with van der Waals surface area (Å²) in [7, 11) is 2.85. The third-order valence-electron chi connectivity index (χ3n) is 4.58. The molecule has 180 valence electrons. The van der Waals surface area contributed by atoms with E-state index in [2.05, 4.69) is 9.73 Å². The van der Waals surface area contributed by atoms with Crippen LogP contribution >= 0.6 is 23.4 Å². The Morgan fingerprint density at radius 1 is 1.18 bits per heavy atom. The molecule has 0 atom stereocenters. The van der Waals surface area contributed by atoms with Gasteiger partial charge in [0, 0.05) is 7.11 Å². The maximum atomic E-state index is 13.1. The van der Waals surface area contributed by atoms with Gasteiger partial charge >= 0.3 is 5.97 Å². The van der Waals surface area contributed by atoms with Crippen LogP contribution in [-0.4, -0.2) is 62.5 Å². The van der Waals surface area contributed by atoms with Gasteiger partial charge in [-0.05, 0) is 54.6 Å². The largest absolute Gasteiger partial charge is 0.490 e. The highest BCUT2D eigenvalue weighted by atomic mass is 35.5. The minimum atomic E-state index is -0.543. The van der Waals surface area contributed by atoms with Gasteiger partial charge < -0.3 is 18.9 Å². The van der Waals surface area contributed by atoms with Crippen LogP contribution in [-0.2, 0) is 19.1 Å². The number of hydrogen-bond donors (Lipinski definition) is 0. The van der Waals surface area contributed by atoms with Gasteiger partial charge in [-0.3, -0.25) is 9.69 Å². The number of ether oxygens (including phenoxy) is 4. The number of carbonyl (C=O) groups excluding carboxylic acids is 2. The lowest BCUT2D eigenvalue weighted by Gasteiger charge is -2.15. The second-order valence-electron chi connectivity index (χ2n) is 6.92. The molecule has 0 aromatic heterocycles. The molecule has 0 aliphatic carbocycles. The zero-order chi connectivity index (χ0) is 24.5. The van der Waals surface area contributed by atoms with E-state index in [1.807, 2.05) is 37.3 Å². The predicted molar refractivity (Wildman–Crippen MR) is 133 cm³/mol. The van der Waals surface area contributed by atoms with Crippen LogP contribution in [0.3, 0.4) is 0 Å². The molecule has 2 aromatic rings. The van der Waals surface area contributed by atoms with Gasteiger partial charge in [0.05, 0.1) is 42.5 Å². The van der Waals surface area contributed by atoms with Crippen LogP contribution in [0.2, 0.25) is 5.02 Å². The molecule has 0 N–H and O–H groups in total. The normalized spacial score (nSPS) is 15.8. The van der Waals surface area contributed by atoms with Crippen LogP contribution in [0.1, 0.15) is 12.5 Å². The van der Waals surface area contributed by atoms with E-state index in [0.717, 1.165) is 5.69 Å². The maximum absolute atomic E-state index is 13.1. The Hall–Kier alpha value is -3.01. The van der Waals surface area contributed by atoms with Gasteiger partial charge in [0.2, 0.25) is 0 Å². The van der Waals surface area contributed by atoms with Crippen molar-refractivity contribution in [3.8, 4) is 11.5 Å². The van der Waals surface area contributed by atoms with E-state index in [1.54, 1.807) is 30.2 Å². The lowest BCUT2D eigenvalue weighted by Crippen LogP contribution is -2.32. The maximum Gasteiger partial charge on any atom is 0.343 e. The molecule has 1 saturated heterocycles. The van der Waals surface area contributed by atoms with Gasteiger partial charge in [-0.25, -0.2) is 9.79 Å². The molecule has 8 nitrogen and oxygen atoms in total. The Labute approximate surface area is 207 Å². The Morgan fingerprint density at radius 2 is 1.94 bits per heavy atom. The lowest BCUT2D eigenvalue weighted by atomic mass is 10.1. The van der Waals surface area contributed by atoms with E-state index >= 15 is 0 Å². The number of rotatable bonds is 10. The van der Waals surface area contributed by atoms with E-state index in [4.69, 9.17) is 25.8 Å². The SMILES string of the molecule is CCOc1cc(C=C2SC(=Nc3ccccc3)N(CCOC)C2=O)cc(Cl)c1OCC(=O)OC. The summed E-state index contributed by atoms with van der Waals surface area (Å²) in [5.41, 5.74) is 1.39. The monoisotopic (exact) mass is 504 g/mol. The number of esters is 1. The van der Waals surface area contributed by atoms with Crippen LogP contribution in [0.5, 0.6) is 11.5 Å². The molecule has 1 aliphatic heterocycles. The van der Waals surface area contributed by atoms with Gasteiger partial charge in [0.25, 0.3) is 5.91 Å². The molecule has 3 rings (SSSR count). The summed E-state index contributed by atoms with van der Waals surface area (Å²) < 4.78 is 20.9. The van der Waals surface area contributed by atoms with Crippen molar-refractivity contribution in [2.24, 2.45) is 4.99 Å². The second kappa shape index (κ2) is 12.5. The number of methoxy groups -OCH3 is 2. The summed E-state index contributed by atoms with van der Waals surface area (Å²) in [6, 6.07) is 12.8. The van der Waals surface area contributed by atoms with Gasteiger partial charge in [-0.15, -0.1) is 0 Å². The van der Waals surface area contributed by atoms with E-state index in [1.165, 1.54) is 18.9 Å². The average Bonchev–Trinajstić information content (AvgIpc) is 3.11. The van der Waals surface area contributed by atoms with Gasteiger partial charge in [0.15, 0.2) is 23.3 Å². The first-order chi connectivity index (χ1) is 16.5. The molecule has 1 heterocycles. The number of nitrogens with zero attached hydrogens (tertiary/aromatic N) is 2. The average molecular weight is 505 g/mol. The molecule has 0 spiro atoms. The van der Waals surface area contributed by atoms with Crippen molar-refractivity contribution in [1.82, 2.24) is 4.90 Å². The Bertz CT molecular complexity index is 1090. The number of carbonyl (C=O) groups is 2. The lowest BCUT2D eigenvalue weighted by molar-refractivity contribution is -0.142. The molecule has 0 radical (unpaired) electrons. The molecule has 10 heteroatoms. The molecule has 1 amide bonds.